The minimum Gasteiger partial charge on any atom is -0.508 e. The van der Waals surface area contributed by atoms with Gasteiger partial charge in [-0.25, -0.2) is 0 Å². The average Bonchev–Trinajstić information content (AvgIpc) is 3.00. The molecule has 0 spiro atoms. The van der Waals surface area contributed by atoms with Crippen LogP contribution in [0.5, 0.6) is 23.0 Å². The molecule has 2 N–H and O–H groups in total. The Balaban J connectivity index is 1.69. The van der Waals surface area contributed by atoms with E-state index < -0.39 is 0 Å². The molecule has 1 aliphatic heterocycles. The van der Waals surface area contributed by atoms with Crippen molar-refractivity contribution in [1.82, 2.24) is 0 Å². The third-order valence-corrected chi connectivity index (χ3v) is 3.55. The van der Waals surface area contributed by atoms with E-state index in [1.54, 1.807) is 48.5 Å². The van der Waals surface area contributed by atoms with Crippen molar-refractivity contribution in [3.8, 4) is 23.0 Å². The fourth-order valence-electron chi connectivity index (χ4n) is 2.40. The Kier molecular flexibility index (Phi) is 3.01. The Morgan fingerprint density at radius 2 is 1.65 bits per heavy atom. The van der Waals surface area contributed by atoms with E-state index in [2.05, 4.69) is 10.2 Å². The molecule has 4 rings (SSSR count). The molecule has 6 heteroatoms. The monoisotopic (exact) mass is 308 g/mol. The van der Waals surface area contributed by atoms with E-state index in [9.17, 15) is 10.2 Å². The van der Waals surface area contributed by atoms with Gasteiger partial charge in [-0.15, -0.1) is 5.11 Å². The third-order valence-electron chi connectivity index (χ3n) is 3.55. The van der Waals surface area contributed by atoms with Crippen LogP contribution in [0.1, 0.15) is 0 Å². The summed E-state index contributed by atoms with van der Waals surface area (Å²) in [4.78, 5) is 0. The lowest BCUT2D eigenvalue weighted by atomic mass is 10.1. The predicted molar refractivity (Wildman–Crippen MR) is 84.0 cm³/mol. The van der Waals surface area contributed by atoms with E-state index in [0.717, 1.165) is 10.8 Å². The summed E-state index contributed by atoms with van der Waals surface area (Å²) >= 11 is 0. The molecule has 0 amide bonds. The van der Waals surface area contributed by atoms with Crippen LogP contribution in [0.15, 0.2) is 58.8 Å². The van der Waals surface area contributed by atoms with Crippen molar-refractivity contribution < 1.29 is 19.7 Å². The van der Waals surface area contributed by atoms with Crippen molar-refractivity contribution in [3.63, 3.8) is 0 Å². The van der Waals surface area contributed by atoms with Crippen molar-refractivity contribution in [1.29, 1.82) is 0 Å². The molecule has 23 heavy (non-hydrogen) atoms. The first-order valence-electron chi connectivity index (χ1n) is 6.96. The number of hydrogen-bond donors (Lipinski definition) is 2. The zero-order chi connectivity index (χ0) is 15.8. The number of aromatic hydroxyl groups is 2. The Bertz CT molecular complexity index is 937. The van der Waals surface area contributed by atoms with Crippen molar-refractivity contribution in [3.05, 3.63) is 48.5 Å². The summed E-state index contributed by atoms with van der Waals surface area (Å²) in [5.74, 6) is 1.44. The molecule has 3 aromatic rings. The Morgan fingerprint density at radius 1 is 0.783 bits per heavy atom. The van der Waals surface area contributed by atoms with Crippen LogP contribution < -0.4 is 9.47 Å². The number of phenolic OH excluding ortho intramolecular Hbond substituents is 2. The fourth-order valence-corrected chi connectivity index (χ4v) is 2.40. The lowest BCUT2D eigenvalue weighted by Gasteiger charge is -2.03. The number of phenols is 2. The number of benzene rings is 3. The average molecular weight is 308 g/mol. The lowest BCUT2D eigenvalue weighted by Crippen LogP contribution is -1.92. The van der Waals surface area contributed by atoms with Gasteiger partial charge < -0.3 is 19.7 Å². The van der Waals surface area contributed by atoms with E-state index in [4.69, 9.17) is 9.47 Å². The van der Waals surface area contributed by atoms with Gasteiger partial charge in [0.15, 0.2) is 11.5 Å². The summed E-state index contributed by atoms with van der Waals surface area (Å²) in [6.07, 6.45) is 0. The van der Waals surface area contributed by atoms with Crippen molar-refractivity contribution >= 4 is 22.1 Å². The van der Waals surface area contributed by atoms with Crippen LogP contribution in [0.4, 0.5) is 11.4 Å². The largest absolute Gasteiger partial charge is 0.508 e. The maximum Gasteiger partial charge on any atom is 0.231 e. The second kappa shape index (κ2) is 5.17. The molecular weight excluding hydrogens is 296 g/mol. The third kappa shape index (κ3) is 2.50. The molecule has 3 aromatic carbocycles. The predicted octanol–water partition coefficient (Wildman–Crippen LogP) is 4.40. The fraction of sp³-hybridized carbons (Fsp3) is 0.0588. The second-order valence-electron chi connectivity index (χ2n) is 5.11. The first kappa shape index (κ1) is 13.4. The maximum absolute atomic E-state index is 10.1. The Morgan fingerprint density at radius 3 is 2.57 bits per heavy atom. The highest BCUT2D eigenvalue weighted by Gasteiger charge is 2.13. The number of hydrogen-bond acceptors (Lipinski definition) is 6. The molecule has 1 heterocycles. The van der Waals surface area contributed by atoms with Gasteiger partial charge in [0.05, 0.1) is 5.69 Å². The Hall–Kier alpha value is -3.28. The van der Waals surface area contributed by atoms with Gasteiger partial charge >= 0.3 is 0 Å². The summed E-state index contributed by atoms with van der Waals surface area (Å²) in [6.45, 7) is 0.203. The van der Waals surface area contributed by atoms with Crippen LogP contribution in [0, 0.1) is 0 Å². The van der Waals surface area contributed by atoms with Crippen LogP contribution in [-0.2, 0) is 0 Å². The van der Waals surface area contributed by atoms with Crippen molar-refractivity contribution in [2.45, 2.75) is 0 Å². The quantitative estimate of drug-likeness (QED) is 0.687. The van der Waals surface area contributed by atoms with Gasteiger partial charge in [0.1, 0.15) is 17.2 Å². The first-order chi connectivity index (χ1) is 11.2. The minimum absolute atomic E-state index is 0.00686. The summed E-state index contributed by atoms with van der Waals surface area (Å²) < 4.78 is 10.5. The molecule has 0 bridgehead atoms. The topological polar surface area (TPSA) is 83.6 Å². The number of nitrogens with zero attached hydrogens (tertiary/aromatic N) is 2. The smallest absolute Gasteiger partial charge is 0.231 e. The molecule has 0 aliphatic carbocycles. The summed E-state index contributed by atoms with van der Waals surface area (Å²) in [5, 5.41) is 29.3. The van der Waals surface area contributed by atoms with Crippen molar-refractivity contribution in [2.75, 3.05) is 6.79 Å². The molecule has 0 atom stereocenters. The van der Waals surface area contributed by atoms with Gasteiger partial charge in [-0.1, -0.05) is 6.07 Å². The summed E-state index contributed by atoms with van der Waals surface area (Å²) in [7, 11) is 0. The zero-order valence-electron chi connectivity index (χ0n) is 11.9. The molecule has 0 radical (unpaired) electrons. The van der Waals surface area contributed by atoms with E-state index in [1.807, 2.05) is 0 Å². The highest BCUT2D eigenvalue weighted by Crippen LogP contribution is 2.37. The summed E-state index contributed by atoms with van der Waals surface area (Å²) in [5.41, 5.74) is 0.945. The zero-order valence-corrected chi connectivity index (χ0v) is 11.9. The van der Waals surface area contributed by atoms with Crippen LogP contribution >= 0.6 is 0 Å². The number of ether oxygens (including phenoxy) is 2. The number of azo groups is 1. The molecule has 1 aliphatic rings. The van der Waals surface area contributed by atoms with Crippen LogP contribution in [0.2, 0.25) is 0 Å². The van der Waals surface area contributed by atoms with Gasteiger partial charge in [-0.05, 0) is 47.2 Å². The molecule has 0 saturated carbocycles. The maximum atomic E-state index is 10.1. The standard InChI is InChI=1S/C17H12N2O4/c20-13-3-1-10-6-14(15(21)7-11(10)5-13)19-18-12-2-4-16-17(8-12)23-9-22-16/h1-8,20-21H,9H2/b19-18+. The van der Waals surface area contributed by atoms with Crippen LogP contribution in [0.3, 0.4) is 0 Å². The highest BCUT2D eigenvalue weighted by atomic mass is 16.7. The lowest BCUT2D eigenvalue weighted by molar-refractivity contribution is 0.174. The van der Waals surface area contributed by atoms with E-state index in [-0.39, 0.29) is 18.3 Å². The van der Waals surface area contributed by atoms with Crippen molar-refractivity contribution in [2.24, 2.45) is 10.2 Å². The van der Waals surface area contributed by atoms with E-state index in [1.165, 1.54) is 0 Å². The molecule has 0 fully saturated rings. The number of rotatable bonds is 2. The van der Waals surface area contributed by atoms with Gasteiger partial charge in [-0.3, -0.25) is 0 Å². The molecule has 114 valence electrons. The SMILES string of the molecule is Oc1ccc2cc(/N=N/c3ccc4c(c3)OCO4)c(O)cc2c1. The van der Waals surface area contributed by atoms with Crippen LogP contribution in [0.25, 0.3) is 10.8 Å². The minimum atomic E-state index is -0.00686. The van der Waals surface area contributed by atoms with E-state index in [0.29, 0.717) is 22.9 Å². The van der Waals surface area contributed by atoms with Gasteiger partial charge in [-0.2, -0.15) is 5.11 Å². The molecular formula is C17H12N2O4. The normalized spacial score (nSPS) is 13.0. The first-order valence-corrected chi connectivity index (χ1v) is 6.96. The van der Waals surface area contributed by atoms with E-state index >= 15 is 0 Å². The van der Waals surface area contributed by atoms with Gasteiger partial charge in [0.25, 0.3) is 0 Å². The van der Waals surface area contributed by atoms with Gasteiger partial charge in [0.2, 0.25) is 6.79 Å². The van der Waals surface area contributed by atoms with Gasteiger partial charge in [0, 0.05) is 6.07 Å². The molecule has 0 unspecified atom stereocenters. The number of fused-ring (bicyclic) bond motifs is 2. The molecule has 0 saturated heterocycles. The summed E-state index contributed by atoms with van der Waals surface area (Å²) in [6, 6.07) is 13.4. The second-order valence-corrected chi connectivity index (χ2v) is 5.11. The van der Waals surface area contributed by atoms with Crippen LogP contribution in [-0.4, -0.2) is 17.0 Å². The molecule has 0 aromatic heterocycles. The molecule has 6 nitrogen and oxygen atoms in total. The highest BCUT2D eigenvalue weighted by molar-refractivity contribution is 5.88. The Labute approximate surface area is 131 Å².